The number of carbonyl (C=O) groups excluding carboxylic acids is 1. The second-order valence-corrected chi connectivity index (χ2v) is 6.07. The van der Waals surface area contributed by atoms with Crippen molar-refractivity contribution in [2.24, 2.45) is 0 Å². The van der Waals surface area contributed by atoms with Crippen LogP contribution in [0.3, 0.4) is 0 Å². The summed E-state index contributed by atoms with van der Waals surface area (Å²) in [4.78, 5) is 11.7. The van der Waals surface area contributed by atoms with Crippen molar-refractivity contribution < 1.29 is 23.1 Å². The zero-order valence-electron chi connectivity index (χ0n) is 12.4. The van der Waals surface area contributed by atoms with Crippen molar-refractivity contribution >= 4 is 27.5 Å². The van der Waals surface area contributed by atoms with E-state index >= 15 is 0 Å². The Labute approximate surface area is 135 Å². The first-order valence-corrected chi connectivity index (χ1v) is 7.92. The van der Waals surface area contributed by atoms with Crippen LogP contribution in [0.25, 0.3) is 10.1 Å². The Bertz CT molecular complexity index is 672. The van der Waals surface area contributed by atoms with Crippen molar-refractivity contribution in [2.75, 3.05) is 6.54 Å². The van der Waals surface area contributed by atoms with Crippen LogP contribution in [0, 0.1) is 0 Å². The van der Waals surface area contributed by atoms with Crippen molar-refractivity contribution in [1.29, 1.82) is 0 Å². The van der Waals surface area contributed by atoms with E-state index in [1.807, 2.05) is 29.6 Å². The van der Waals surface area contributed by atoms with Gasteiger partial charge in [0.15, 0.2) is 6.10 Å². The molecule has 1 aromatic carbocycles. The van der Waals surface area contributed by atoms with Gasteiger partial charge in [0.25, 0.3) is 0 Å². The van der Waals surface area contributed by atoms with Gasteiger partial charge < -0.3 is 15.7 Å². The molecule has 2 amide bonds. The number of hydrogen-bond acceptors (Lipinski definition) is 3. The van der Waals surface area contributed by atoms with Gasteiger partial charge in [-0.15, -0.1) is 11.3 Å². The van der Waals surface area contributed by atoms with Crippen LogP contribution in [0.5, 0.6) is 0 Å². The van der Waals surface area contributed by atoms with Crippen LogP contribution in [0.2, 0.25) is 0 Å². The zero-order valence-corrected chi connectivity index (χ0v) is 13.2. The van der Waals surface area contributed by atoms with Crippen LogP contribution in [-0.4, -0.2) is 30.0 Å². The van der Waals surface area contributed by atoms with Gasteiger partial charge in [-0.05, 0) is 35.7 Å². The summed E-state index contributed by atoms with van der Waals surface area (Å²) >= 11 is 1.56. The lowest BCUT2D eigenvalue weighted by Crippen LogP contribution is -2.40. The molecule has 3 N–H and O–H groups in total. The number of hydrogen-bond donors (Lipinski definition) is 3. The third-order valence-electron chi connectivity index (χ3n) is 3.41. The number of aliphatic hydroxyl groups excluding tert-OH is 1. The summed E-state index contributed by atoms with van der Waals surface area (Å²) in [6, 6.07) is 6.93. The third kappa shape index (κ3) is 4.59. The van der Waals surface area contributed by atoms with E-state index in [9.17, 15) is 18.0 Å². The predicted octanol–water partition coefficient (Wildman–Crippen LogP) is 3.57. The lowest BCUT2D eigenvalue weighted by atomic mass is 10.1. The van der Waals surface area contributed by atoms with Gasteiger partial charge in [0.05, 0.1) is 6.04 Å². The van der Waals surface area contributed by atoms with Gasteiger partial charge in [0, 0.05) is 11.2 Å². The Balaban J connectivity index is 1.86. The lowest BCUT2D eigenvalue weighted by molar-refractivity contribution is -0.204. The fraction of sp³-hybridized carbons (Fsp3) is 0.400. The van der Waals surface area contributed by atoms with Crippen LogP contribution in [0.4, 0.5) is 18.0 Å². The summed E-state index contributed by atoms with van der Waals surface area (Å²) in [6.45, 7) is 1.54. The first kappa shape index (κ1) is 17.6. The van der Waals surface area contributed by atoms with Crippen molar-refractivity contribution in [3.63, 3.8) is 0 Å². The van der Waals surface area contributed by atoms with Crippen LogP contribution in [0.1, 0.15) is 24.9 Å². The van der Waals surface area contributed by atoms with Crippen molar-refractivity contribution in [1.82, 2.24) is 10.6 Å². The first-order valence-electron chi connectivity index (χ1n) is 7.04. The molecule has 0 aliphatic heterocycles. The highest BCUT2D eigenvalue weighted by molar-refractivity contribution is 7.17. The molecule has 8 heteroatoms. The summed E-state index contributed by atoms with van der Waals surface area (Å²) in [6.07, 6.45) is -7.67. The average Bonchev–Trinajstić information content (AvgIpc) is 2.90. The van der Waals surface area contributed by atoms with E-state index in [1.165, 1.54) is 0 Å². The zero-order chi connectivity index (χ0) is 17.0. The minimum absolute atomic E-state index is 0.260. The van der Waals surface area contributed by atoms with E-state index in [1.54, 1.807) is 18.3 Å². The number of nitrogens with one attached hydrogen (secondary N) is 2. The molecule has 0 unspecified atom stereocenters. The topological polar surface area (TPSA) is 61.4 Å². The van der Waals surface area contributed by atoms with Crippen LogP contribution in [0.15, 0.2) is 29.6 Å². The van der Waals surface area contributed by atoms with E-state index in [0.29, 0.717) is 0 Å². The van der Waals surface area contributed by atoms with Gasteiger partial charge in [-0.1, -0.05) is 18.2 Å². The minimum Gasteiger partial charge on any atom is -0.384 e. The van der Waals surface area contributed by atoms with Gasteiger partial charge in [-0.3, -0.25) is 0 Å². The molecule has 2 atom stereocenters. The molecule has 0 saturated carbocycles. The maximum Gasteiger partial charge on any atom is 0.414 e. The summed E-state index contributed by atoms with van der Waals surface area (Å²) < 4.78 is 37.5. The number of urea groups is 1. The SMILES string of the molecule is C[C@H](NC(=O)NCC[C@@H](O)C(F)(F)F)c1csc2ccccc12. The molecular weight excluding hydrogens is 329 g/mol. The number of thiophene rings is 1. The number of carbonyl (C=O) groups is 1. The first-order chi connectivity index (χ1) is 10.8. The molecule has 0 bridgehead atoms. The molecule has 0 spiro atoms. The summed E-state index contributed by atoms with van der Waals surface area (Å²) in [5, 5.41) is 16.8. The number of fused-ring (bicyclic) bond motifs is 1. The molecule has 4 nitrogen and oxygen atoms in total. The molecule has 126 valence electrons. The highest BCUT2D eigenvalue weighted by Crippen LogP contribution is 2.29. The lowest BCUT2D eigenvalue weighted by Gasteiger charge is -2.17. The molecule has 23 heavy (non-hydrogen) atoms. The normalized spacial score (nSPS) is 14.5. The fourth-order valence-electron chi connectivity index (χ4n) is 2.15. The van der Waals surface area contributed by atoms with E-state index in [-0.39, 0.29) is 12.6 Å². The largest absolute Gasteiger partial charge is 0.414 e. The van der Waals surface area contributed by atoms with Gasteiger partial charge in [0.1, 0.15) is 0 Å². The Morgan fingerprint density at radius 1 is 1.35 bits per heavy atom. The quantitative estimate of drug-likeness (QED) is 0.775. The van der Waals surface area contributed by atoms with Crippen molar-refractivity contribution in [3.8, 4) is 0 Å². The molecule has 2 rings (SSSR count). The summed E-state index contributed by atoms with van der Waals surface area (Å²) in [7, 11) is 0. The van der Waals surface area contributed by atoms with Gasteiger partial charge in [-0.25, -0.2) is 4.79 Å². The van der Waals surface area contributed by atoms with Crippen LogP contribution >= 0.6 is 11.3 Å². The van der Waals surface area contributed by atoms with Crippen LogP contribution in [-0.2, 0) is 0 Å². The highest BCUT2D eigenvalue weighted by Gasteiger charge is 2.37. The summed E-state index contributed by atoms with van der Waals surface area (Å²) in [5.74, 6) is 0. The molecule has 2 aromatic rings. The number of halogens is 3. The molecule has 0 aliphatic carbocycles. The highest BCUT2D eigenvalue weighted by atomic mass is 32.1. The maximum atomic E-state index is 12.1. The second kappa shape index (κ2) is 7.18. The van der Waals surface area contributed by atoms with Crippen LogP contribution < -0.4 is 10.6 Å². The predicted molar refractivity (Wildman–Crippen MR) is 83.5 cm³/mol. The van der Waals surface area contributed by atoms with E-state index in [0.717, 1.165) is 15.6 Å². The van der Waals surface area contributed by atoms with Crippen molar-refractivity contribution in [2.45, 2.75) is 31.7 Å². The number of alkyl halides is 3. The number of amides is 2. The Kier molecular flexibility index (Phi) is 5.48. The molecule has 0 fully saturated rings. The second-order valence-electron chi connectivity index (χ2n) is 5.16. The number of aliphatic hydroxyl groups is 1. The average molecular weight is 346 g/mol. The van der Waals surface area contributed by atoms with Crippen molar-refractivity contribution in [3.05, 3.63) is 35.2 Å². The Hall–Kier alpha value is -1.80. The maximum absolute atomic E-state index is 12.1. The molecular formula is C15H17F3N2O2S. The molecule has 1 aromatic heterocycles. The molecule has 0 radical (unpaired) electrons. The number of benzene rings is 1. The van der Waals surface area contributed by atoms with Gasteiger partial charge >= 0.3 is 12.2 Å². The smallest absolute Gasteiger partial charge is 0.384 e. The Morgan fingerprint density at radius 2 is 2.04 bits per heavy atom. The standard InChI is InChI=1S/C15H17F3N2O2S/c1-9(11-8-23-12-5-3-2-4-10(11)12)20-14(22)19-7-6-13(21)15(16,17)18/h2-5,8-9,13,21H,6-7H2,1H3,(H2,19,20,22)/t9-,13+/m0/s1. The van der Waals surface area contributed by atoms with Gasteiger partial charge in [-0.2, -0.15) is 13.2 Å². The fourth-order valence-corrected chi connectivity index (χ4v) is 3.20. The van der Waals surface area contributed by atoms with E-state index < -0.39 is 24.7 Å². The summed E-state index contributed by atoms with van der Waals surface area (Å²) in [5.41, 5.74) is 0.955. The molecule has 1 heterocycles. The number of rotatable bonds is 5. The monoisotopic (exact) mass is 346 g/mol. The minimum atomic E-state index is -4.67. The van der Waals surface area contributed by atoms with E-state index in [4.69, 9.17) is 5.11 Å². The molecule has 0 aliphatic rings. The van der Waals surface area contributed by atoms with Gasteiger partial charge in [0.2, 0.25) is 0 Å². The third-order valence-corrected chi connectivity index (χ3v) is 4.39. The van der Waals surface area contributed by atoms with E-state index in [2.05, 4.69) is 10.6 Å². The Morgan fingerprint density at radius 3 is 2.74 bits per heavy atom. The molecule has 0 saturated heterocycles.